The number of nitrogens with zero attached hydrogens (tertiary/aromatic N) is 2. The lowest BCUT2D eigenvalue weighted by Crippen LogP contribution is -2.06. The molecule has 1 aromatic carbocycles. The highest BCUT2D eigenvalue weighted by atomic mass is 16.5. The molecule has 0 aliphatic carbocycles. The molecule has 3 rings (SSSR count). The molecule has 0 saturated heterocycles. The van der Waals surface area contributed by atoms with E-state index in [1.54, 1.807) is 16.7 Å². The van der Waals surface area contributed by atoms with Crippen LogP contribution in [0.4, 0.5) is 0 Å². The zero-order valence-corrected chi connectivity index (χ0v) is 12.6. The van der Waals surface area contributed by atoms with Crippen LogP contribution in [0.3, 0.4) is 0 Å². The zero-order valence-electron chi connectivity index (χ0n) is 12.6. The molecule has 2 heterocycles. The van der Waals surface area contributed by atoms with E-state index in [1.807, 2.05) is 31.2 Å². The largest absolute Gasteiger partial charge is 0.476 e. The van der Waals surface area contributed by atoms with Crippen molar-refractivity contribution in [2.24, 2.45) is 0 Å². The van der Waals surface area contributed by atoms with Crippen LogP contribution >= 0.6 is 0 Å². The van der Waals surface area contributed by atoms with Gasteiger partial charge in [0.1, 0.15) is 5.82 Å². The van der Waals surface area contributed by atoms with E-state index >= 15 is 0 Å². The summed E-state index contributed by atoms with van der Waals surface area (Å²) in [7, 11) is 1.25. The van der Waals surface area contributed by atoms with Crippen molar-refractivity contribution in [3.05, 3.63) is 59.4 Å². The van der Waals surface area contributed by atoms with E-state index in [-0.39, 0.29) is 16.8 Å². The summed E-state index contributed by atoms with van der Waals surface area (Å²) in [5.41, 5.74) is 1.98. The number of aromatic carboxylic acids is 1. The van der Waals surface area contributed by atoms with Crippen molar-refractivity contribution < 1.29 is 19.4 Å². The molecule has 0 bridgehead atoms. The van der Waals surface area contributed by atoms with E-state index in [0.29, 0.717) is 5.82 Å². The summed E-state index contributed by atoms with van der Waals surface area (Å²) in [6.07, 6.45) is 1.68. The van der Waals surface area contributed by atoms with Crippen LogP contribution in [0.15, 0.2) is 42.6 Å². The van der Waals surface area contributed by atoms with Gasteiger partial charge < -0.3 is 9.84 Å². The lowest BCUT2D eigenvalue weighted by atomic mass is 10.1. The molecule has 1 N–H and O–H groups in total. The highest BCUT2D eigenvalue weighted by Gasteiger charge is 2.23. The molecule has 2 aromatic heterocycles. The van der Waals surface area contributed by atoms with Crippen LogP contribution < -0.4 is 0 Å². The van der Waals surface area contributed by atoms with Crippen LogP contribution in [0.2, 0.25) is 0 Å². The maximum atomic E-state index is 12.0. The van der Waals surface area contributed by atoms with Crippen LogP contribution in [-0.4, -0.2) is 33.5 Å². The van der Waals surface area contributed by atoms with E-state index < -0.39 is 11.9 Å². The number of methoxy groups -OCH3 is 1. The Balaban J connectivity index is 2.41. The molecule has 0 atom stereocenters. The van der Waals surface area contributed by atoms with Crippen LogP contribution in [0.1, 0.15) is 26.4 Å². The van der Waals surface area contributed by atoms with E-state index in [1.165, 1.54) is 13.2 Å². The van der Waals surface area contributed by atoms with Crippen molar-refractivity contribution in [1.29, 1.82) is 0 Å². The van der Waals surface area contributed by atoms with Gasteiger partial charge in [-0.15, -0.1) is 0 Å². The second kappa shape index (κ2) is 5.57. The SMILES string of the molecule is COC(=O)c1cccn2c(-c3ccccc3C)nc(C(=O)O)c12. The number of rotatable bonds is 3. The average molecular weight is 310 g/mol. The number of aromatic nitrogens is 2. The highest BCUT2D eigenvalue weighted by molar-refractivity contribution is 6.05. The minimum atomic E-state index is -1.20. The molecule has 0 aliphatic rings. The van der Waals surface area contributed by atoms with Crippen molar-refractivity contribution in [1.82, 2.24) is 9.38 Å². The van der Waals surface area contributed by atoms with E-state index in [9.17, 15) is 14.7 Å². The van der Waals surface area contributed by atoms with E-state index in [0.717, 1.165) is 11.1 Å². The Morgan fingerprint density at radius 1 is 1.17 bits per heavy atom. The quantitative estimate of drug-likeness (QED) is 0.752. The van der Waals surface area contributed by atoms with Gasteiger partial charge in [0.05, 0.1) is 18.2 Å². The predicted octanol–water partition coefficient (Wildman–Crippen LogP) is 2.79. The number of esters is 1. The van der Waals surface area contributed by atoms with E-state index in [2.05, 4.69) is 4.98 Å². The first-order chi connectivity index (χ1) is 11.0. The Kier molecular flexibility index (Phi) is 3.57. The molecule has 0 saturated carbocycles. The number of carboxylic acid groups (broad SMARTS) is 1. The minimum absolute atomic E-state index is 0.166. The lowest BCUT2D eigenvalue weighted by molar-refractivity contribution is 0.0602. The summed E-state index contributed by atoms with van der Waals surface area (Å²) >= 11 is 0. The molecule has 116 valence electrons. The fourth-order valence-electron chi connectivity index (χ4n) is 2.58. The standard InChI is InChI=1S/C17H14N2O4/c1-10-6-3-4-7-11(10)15-18-13(16(20)21)14-12(17(22)23-2)8-5-9-19(14)15/h3-9H,1-2H3,(H,20,21). The van der Waals surface area contributed by atoms with Gasteiger partial charge in [0.2, 0.25) is 0 Å². The number of pyridine rings is 1. The fraction of sp³-hybridized carbons (Fsp3) is 0.118. The van der Waals surface area contributed by atoms with Gasteiger partial charge in [-0.3, -0.25) is 4.40 Å². The van der Waals surface area contributed by atoms with Crippen molar-refractivity contribution in [2.75, 3.05) is 7.11 Å². The molecule has 23 heavy (non-hydrogen) atoms. The zero-order chi connectivity index (χ0) is 16.6. The average Bonchev–Trinajstić information content (AvgIpc) is 2.94. The molecule has 0 unspecified atom stereocenters. The van der Waals surface area contributed by atoms with Crippen LogP contribution in [0.25, 0.3) is 16.9 Å². The number of carbonyl (C=O) groups is 2. The summed E-state index contributed by atoms with van der Waals surface area (Å²) < 4.78 is 6.35. The number of aryl methyl sites for hydroxylation is 1. The van der Waals surface area contributed by atoms with Gasteiger partial charge in [-0.05, 0) is 24.6 Å². The summed E-state index contributed by atoms with van der Waals surface area (Å²) in [5.74, 6) is -1.32. The monoisotopic (exact) mass is 310 g/mol. The van der Waals surface area contributed by atoms with Crippen LogP contribution in [0.5, 0.6) is 0 Å². The number of carbonyl (C=O) groups excluding carboxylic acids is 1. The molecular formula is C17H14N2O4. The number of hydrogen-bond acceptors (Lipinski definition) is 4. The first kappa shape index (κ1) is 14.8. The Morgan fingerprint density at radius 2 is 1.91 bits per heavy atom. The second-order valence-corrected chi connectivity index (χ2v) is 5.04. The third-order valence-electron chi connectivity index (χ3n) is 3.66. The third kappa shape index (κ3) is 2.34. The number of fused-ring (bicyclic) bond motifs is 1. The van der Waals surface area contributed by atoms with Gasteiger partial charge >= 0.3 is 11.9 Å². The second-order valence-electron chi connectivity index (χ2n) is 5.04. The van der Waals surface area contributed by atoms with Gasteiger partial charge in [-0.2, -0.15) is 0 Å². The smallest absolute Gasteiger partial charge is 0.356 e. The molecule has 6 nitrogen and oxygen atoms in total. The first-order valence-electron chi connectivity index (χ1n) is 6.93. The number of imidazole rings is 1. The maximum absolute atomic E-state index is 12.0. The van der Waals surface area contributed by atoms with Crippen molar-refractivity contribution in [2.45, 2.75) is 6.92 Å². The number of benzene rings is 1. The lowest BCUT2D eigenvalue weighted by Gasteiger charge is -2.06. The third-order valence-corrected chi connectivity index (χ3v) is 3.66. The summed E-state index contributed by atoms with van der Waals surface area (Å²) in [4.78, 5) is 27.8. The van der Waals surface area contributed by atoms with Gasteiger partial charge in [0, 0.05) is 11.8 Å². The number of carboxylic acids is 1. The van der Waals surface area contributed by atoms with Crippen molar-refractivity contribution in [3.63, 3.8) is 0 Å². The van der Waals surface area contributed by atoms with E-state index in [4.69, 9.17) is 4.74 Å². The summed E-state index contributed by atoms with van der Waals surface area (Å²) in [6.45, 7) is 1.92. The normalized spacial score (nSPS) is 10.7. The molecule has 0 aliphatic heterocycles. The first-order valence-corrected chi connectivity index (χ1v) is 6.93. The van der Waals surface area contributed by atoms with Crippen molar-refractivity contribution in [3.8, 4) is 11.4 Å². The summed E-state index contributed by atoms with van der Waals surface area (Å²) in [6, 6.07) is 10.7. The molecule has 0 radical (unpaired) electrons. The van der Waals surface area contributed by atoms with Crippen LogP contribution in [-0.2, 0) is 4.74 Å². The van der Waals surface area contributed by atoms with Crippen LogP contribution in [0, 0.1) is 6.92 Å². The minimum Gasteiger partial charge on any atom is -0.476 e. The Morgan fingerprint density at radius 3 is 2.57 bits per heavy atom. The van der Waals surface area contributed by atoms with Gasteiger partial charge in [-0.1, -0.05) is 24.3 Å². The summed E-state index contributed by atoms with van der Waals surface area (Å²) in [5, 5.41) is 9.46. The molecule has 6 heteroatoms. The Bertz CT molecular complexity index is 927. The van der Waals surface area contributed by atoms with Gasteiger partial charge in [0.15, 0.2) is 5.69 Å². The highest BCUT2D eigenvalue weighted by Crippen LogP contribution is 2.27. The maximum Gasteiger partial charge on any atom is 0.356 e. The number of ether oxygens (including phenoxy) is 1. The Hall–Kier alpha value is -3.15. The Labute approximate surface area is 132 Å². The number of hydrogen-bond donors (Lipinski definition) is 1. The van der Waals surface area contributed by atoms with Gasteiger partial charge in [0.25, 0.3) is 0 Å². The van der Waals surface area contributed by atoms with Crippen molar-refractivity contribution >= 4 is 17.5 Å². The molecule has 0 amide bonds. The molecular weight excluding hydrogens is 296 g/mol. The topological polar surface area (TPSA) is 80.9 Å². The predicted molar refractivity (Wildman–Crippen MR) is 83.7 cm³/mol. The van der Waals surface area contributed by atoms with Gasteiger partial charge in [-0.25, -0.2) is 14.6 Å². The molecule has 3 aromatic rings. The molecule has 0 fully saturated rings. The molecule has 0 spiro atoms. The fourth-order valence-corrected chi connectivity index (χ4v) is 2.58.